The molecule has 1 aromatic heterocycles. The number of nitrogens with zero attached hydrogens (tertiary/aromatic N) is 2. The second kappa shape index (κ2) is 4.87. The van der Waals surface area contributed by atoms with E-state index < -0.39 is 0 Å². The van der Waals surface area contributed by atoms with Crippen molar-refractivity contribution in [2.45, 2.75) is 51.9 Å². The number of hydrogen-bond donors (Lipinski definition) is 1. The van der Waals surface area contributed by atoms with Crippen LogP contribution in [-0.4, -0.2) is 28.3 Å². The highest BCUT2D eigenvalue weighted by Gasteiger charge is 2.26. The Labute approximate surface area is 101 Å². The molecule has 2 atom stereocenters. The van der Waals surface area contributed by atoms with Crippen LogP contribution in [0.15, 0.2) is 6.07 Å². The molecule has 1 fully saturated rings. The van der Waals surface area contributed by atoms with E-state index >= 15 is 0 Å². The van der Waals surface area contributed by atoms with Crippen LogP contribution in [0.1, 0.15) is 32.4 Å². The third-order valence-electron chi connectivity index (χ3n) is 2.79. The normalized spacial score (nSPS) is 29.0. The third-order valence-corrected chi connectivity index (χ3v) is 2.79. The number of aromatic nitrogens is 2. The van der Waals surface area contributed by atoms with Gasteiger partial charge in [0.25, 0.3) is 0 Å². The Balaban J connectivity index is 2.04. The summed E-state index contributed by atoms with van der Waals surface area (Å²) in [6, 6.07) is 1.81. The molecule has 17 heavy (non-hydrogen) atoms. The summed E-state index contributed by atoms with van der Waals surface area (Å²) in [6.07, 6.45) is 2.36. The van der Waals surface area contributed by atoms with E-state index in [0.717, 1.165) is 18.5 Å². The molecule has 0 bridgehead atoms. The first kappa shape index (κ1) is 12.1. The fraction of sp³-hybridized carbons (Fsp3) is 0.667. The van der Waals surface area contributed by atoms with Crippen molar-refractivity contribution in [1.29, 1.82) is 0 Å². The zero-order valence-electron chi connectivity index (χ0n) is 10.5. The lowest BCUT2D eigenvalue weighted by molar-refractivity contribution is -0.0729. The van der Waals surface area contributed by atoms with Crippen LogP contribution < -0.4 is 10.5 Å². The Morgan fingerprint density at radius 2 is 1.94 bits per heavy atom. The first-order valence-corrected chi connectivity index (χ1v) is 5.96. The van der Waals surface area contributed by atoms with Gasteiger partial charge in [0.15, 0.2) is 0 Å². The van der Waals surface area contributed by atoms with Crippen molar-refractivity contribution in [1.82, 2.24) is 9.97 Å². The van der Waals surface area contributed by atoms with Crippen LogP contribution in [0.4, 0.5) is 5.95 Å². The fourth-order valence-electron chi connectivity index (χ4n) is 2.23. The van der Waals surface area contributed by atoms with E-state index in [0.29, 0.717) is 5.88 Å². The standard InChI is InChI=1S/C12H19N3O2/c1-7-4-11(15-12(13)14-7)17-10-5-8(2)16-9(3)6-10/h4,8-10H,5-6H2,1-3H3,(H2,13,14,15). The fourth-order valence-corrected chi connectivity index (χ4v) is 2.23. The molecule has 0 saturated carbocycles. The highest BCUT2D eigenvalue weighted by molar-refractivity contribution is 5.25. The lowest BCUT2D eigenvalue weighted by Crippen LogP contribution is -2.35. The highest BCUT2D eigenvalue weighted by atomic mass is 16.5. The van der Waals surface area contributed by atoms with Crippen molar-refractivity contribution in [3.63, 3.8) is 0 Å². The van der Waals surface area contributed by atoms with Gasteiger partial charge in [-0.1, -0.05) is 0 Å². The van der Waals surface area contributed by atoms with Gasteiger partial charge >= 0.3 is 0 Å². The summed E-state index contributed by atoms with van der Waals surface area (Å²) in [4.78, 5) is 8.10. The van der Waals surface area contributed by atoms with Gasteiger partial charge in [0.1, 0.15) is 6.10 Å². The molecule has 1 saturated heterocycles. The molecular weight excluding hydrogens is 218 g/mol. The number of rotatable bonds is 2. The van der Waals surface area contributed by atoms with Crippen LogP contribution in [0.3, 0.4) is 0 Å². The summed E-state index contributed by atoms with van der Waals surface area (Å²) < 4.78 is 11.5. The van der Waals surface area contributed by atoms with E-state index in [9.17, 15) is 0 Å². The minimum absolute atomic E-state index is 0.141. The molecule has 1 aliphatic heterocycles. The molecule has 94 valence electrons. The van der Waals surface area contributed by atoms with Gasteiger partial charge in [-0.05, 0) is 20.8 Å². The smallest absolute Gasteiger partial charge is 0.223 e. The first-order chi connectivity index (χ1) is 8.02. The minimum Gasteiger partial charge on any atom is -0.474 e. The predicted octanol–water partition coefficient (Wildman–Crippen LogP) is 1.70. The summed E-state index contributed by atoms with van der Waals surface area (Å²) in [6.45, 7) is 6.00. The molecule has 2 unspecified atom stereocenters. The predicted molar refractivity (Wildman–Crippen MR) is 64.8 cm³/mol. The van der Waals surface area contributed by atoms with Gasteiger partial charge in [0.2, 0.25) is 11.8 Å². The first-order valence-electron chi connectivity index (χ1n) is 5.96. The number of aryl methyl sites for hydroxylation is 1. The summed E-state index contributed by atoms with van der Waals surface area (Å²) in [5.41, 5.74) is 6.41. The highest BCUT2D eigenvalue weighted by Crippen LogP contribution is 2.23. The maximum Gasteiger partial charge on any atom is 0.223 e. The lowest BCUT2D eigenvalue weighted by Gasteiger charge is -2.31. The Bertz CT molecular complexity index is 367. The molecule has 0 amide bonds. The maximum absolute atomic E-state index is 5.85. The molecule has 0 aliphatic carbocycles. The number of ether oxygens (including phenoxy) is 2. The Morgan fingerprint density at radius 1 is 1.29 bits per heavy atom. The van der Waals surface area contributed by atoms with E-state index in [4.69, 9.17) is 15.2 Å². The molecule has 0 aromatic carbocycles. The summed E-state index contributed by atoms with van der Waals surface area (Å²) in [5.74, 6) is 0.814. The van der Waals surface area contributed by atoms with Gasteiger partial charge in [-0.3, -0.25) is 0 Å². The average molecular weight is 237 g/mol. The lowest BCUT2D eigenvalue weighted by atomic mass is 10.0. The Morgan fingerprint density at radius 3 is 2.53 bits per heavy atom. The second-order valence-corrected chi connectivity index (χ2v) is 4.67. The van der Waals surface area contributed by atoms with Crippen molar-refractivity contribution in [3.05, 3.63) is 11.8 Å². The number of hydrogen-bond acceptors (Lipinski definition) is 5. The zero-order chi connectivity index (χ0) is 12.4. The van der Waals surface area contributed by atoms with Crippen molar-refractivity contribution in [2.75, 3.05) is 5.73 Å². The Kier molecular flexibility index (Phi) is 3.47. The number of nitrogens with two attached hydrogens (primary N) is 1. The molecule has 5 nitrogen and oxygen atoms in total. The van der Waals surface area contributed by atoms with Crippen LogP contribution in [-0.2, 0) is 4.74 Å². The molecule has 0 spiro atoms. The van der Waals surface area contributed by atoms with Crippen molar-refractivity contribution in [2.24, 2.45) is 0 Å². The van der Waals surface area contributed by atoms with Crippen LogP contribution >= 0.6 is 0 Å². The van der Waals surface area contributed by atoms with Crippen LogP contribution in [0.2, 0.25) is 0 Å². The van der Waals surface area contributed by atoms with E-state index in [1.54, 1.807) is 6.07 Å². The quantitative estimate of drug-likeness (QED) is 0.847. The van der Waals surface area contributed by atoms with Crippen molar-refractivity contribution < 1.29 is 9.47 Å². The summed E-state index contributed by atoms with van der Waals surface area (Å²) in [5, 5.41) is 0. The topological polar surface area (TPSA) is 70.3 Å². The molecule has 2 N–H and O–H groups in total. The van der Waals surface area contributed by atoms with E-state index in [2.05, 4.69) is 23.8 Å². The second-order valence-electron chi connectivity index (χ2n) is 4.67. The third kappa shape index (κ3) is 3.30. The van der Waals surface area contributed by atoms with Gasteiger partial charge in [-0.25, -0.2) is 4.98 Å². The monoisotopic (exact) mass is 237 g/mol. The Hall–Kier alpha value is -1.36. The number of anilines is 1. The zero-order valence-corrected chi connectivity index (χ0v) is 10.5. The molecular formula is C12H19N3O2. The largest absolute Gasteiger partial charge is 0.474 e. The van der Waals surface area contributed by atoms with E-state index in [1.807, 2.05) is 6.92 Å². The summed E-state index contributed by atoms with van der Waals surface area (Å²) in [7, 11) is 0. The van der Waals surface area contributed by atoms with E-state index in [1.165, 1.54) is 0 Å². The van der Waals surface area contributed by atoms with Gasteiger partial charge in [-0.15, -0.1) is 0 Å². The molecule has 1 aromatic rings. The van der Waals surface area contributed by atoms with E-state index in [-0.39, 0.29) is 24.3 Å². The average Bonchev–Trinajstić information content (AvgIpc) is 2.13. The van der Waals surface area contributed by atoms with Crippen LogP contribution in [0.25, 0.3) is 0 Å². The molecule has 1 aliphatic rings. The minimum atomic E-state index is 0.141. The molecule has 2 heterocycles. The molecule has 5 heteroatoms. The van der Waals surface area contributed by atoms with Crippen LogP contribution in [0.5, 0.6) is 5.88 Å². The van der Waals surface area contributed by atoms with Gasteiger partial charge in [-0.2, -0.15) is 4.98 Å². The molecule has 2 rings (SSSR count). The van der Waals surface area contributed by atoms with Crippen molar-refractivity contribution in [3.8, 4) is 5.88 Å². The number of nitrogen functional groups attached to an aromatic ring is 1. The molecule has 0 radical (unpaired) electrons. The maximum atomic E-state index is 5.85. The van der Waals surface area contributed by atoms with Crippen molar-refractivity contribution >= 4 is 5.95 Å². The SMILES string of the molecule is Cc1cc(OC2CC(C)OC(C)C2)nc(N)n1. The van der Waals surface area contributed by atoms with Gasteiger partial charge < -0.3 is 15.2 Å². The summed E-state index contributed by atoms with van der Waals surface area (Å²) >= 11 is 0. The van der Waals surface area contributed by atoms with Gasteiger partial charge in [0, 0.05) is 24.6 Å². The van der Waals surface area contributed by atoms with Crippen LogP contribution in [0, 0.1) is 6.92 Å². The van der Waals surface area contributed by atoms with Gasteiger partial charge in [0.05, 0.1) is 12.2 Å².